The van der Waals surface area contributed by atoms with Gasteiger partial charge in [-0.25, -0.2) is 18.4 Å². The number of benzene rings is 1. The van der Waals surface area contributed by atoms with E-state index in [2.05, 4.69) is 5.32 Å². The number of urea groups is 1. The number of hydrogen-bond acceptors (Lipinski definition) is 2. The van der Waals surface area contributed by atoms with E-state index < -0.39 is 36.8 Å². The molecule has 7 heteroatoms. The summed E-state index contributed by atoms with van der Waals surface area (Å²) in [6.07, 6.45) is 5.15. The zero-order chi connectivity index (χ0) is 20.2. The third kappa shape index (κ3) is 5.20. The average Bonchev–Trinajstić information content (AvgIpc) is 3.10. The molecular weight excluding hydrogens is 366 g/mol. The second kappa shape index (κ2) is 8.45. The summed E-state index contributed by atoms with van der Waals surface area (Å²) in [5, 5.41) is 11.7. The number of carbonyl (C=O) groups is 2. The van der Waals surface area contributed by atoms with E-state index in [1.807, 2.05) is 0 Å². The summed E-state index contributed by atoms with van der Waals surface area (Å²) in [5.41, 5.74) is 0.756. The molecular formula is C21H28F2N2O3. The Hall–Kier alpha value is -2.18. The van der Waals surface area contributed by atoms with Crippen LogP contribution in [0.1, 0.15) is 50.5 Å². The van der Waals surface area contributed by atoms with Crippen LogP contribution in [0.5, 0.6) is 0 Å². The predicted octanol–water partition coefficient (Wildman–Crippen LogP) is 4.07. The minimum atomic E-state index is -3.23. The first-order chi connectivity index (χ1) is 13.3. The Morgan fingerprint density at radius 1 is 1.11 bits per heavy atom. The summed E-state index contributed by atoms with van der Waals surface area (Å²) >= 11 is 0. The molecule has 154 valence electrons. The molecule has 1 atom stereocenters. The lowest BCUT2D eigenvalue weighted by atomic mass is 9.77. The first-order valence-corrected chi connectivity index (χ1v) is 9.99. The van der Waals surface area contributed by atoms with Crippen molar-refractivity contribution in [2.24, 2.45) is 5.41 Å². The van der Waals surface area contributed by atoms with Crippen molar-refractivity contribution >= 4 is 12.0 Å². The topological polar surface area (TPSA) is 69.6 Å². The van der Waals surface area contributed by atoms with Crippen molar-refractivity contribution in [1.82, 2.24) is 10.2 Å². The molecule has 28 heavy (non-hydrogen) atoms. The normalized spacial score (nSPS) is 20.1. The summed E-state index contributed by atoms with van der Waals surface area (Å²) < 4.78 is 28.8. The van der Waals surface area contributed by atoms with Gasteiger partial charge in [0.1, 0.15) is 6.04 Å². The van der Waals surface area contributed by atoms with E-state index in [4.69, 9.17) is 0 Å². The van der Waals surface area contributed by atoms with Gasteiger partial charge in [-0.2, -0.15) is 0 Å². The van der Waals surface area contributed by atoms with E-state index in [9.17, 15) is 23.5 Å². The molecule has 2 fully saturated rings. The highest BCUT2D eigenvalue weighted by molar-refractivity contribution is 5.82. The monoisotopic (exact) mass is 394 g/mol. The maximum atomic E-state index is 14.4. The Bertz CT molecular complexity index is 680. The lowest BCUT2D eigenvalue weighted by Crippen LogP contribution is -2.52. The summed E-state index contributed by atoms with van der Waals surface area (Å²) in [6, 6.07) is 6.04. The Morgan fingerprint density at radius 3 is 2.29 bits per heavy atom. The molecule has 3 rings (SSSR count). The molecule has 1 saturated heterocycles. The number of carboxylic acids is 1. The van der Waals surface area contributed by atoms with Crippen LogP contribution in [0.4, 0.5) is 13.6 Å². The van der Waals surface area contributed by atoms with Gasteiger partial charge in [0.2, 0.25) is 0 Å². The smallest absolute Gasteiger partial charge is 0.326 e. The second-order valence-corrected chi connectivity index (χ2v) is 8.26. The minimum absolute atomic E-state index is 0.325. The number of likely N-dealkylation sites (tertiary alicyclic amines) is 1. The molecule has 2 N–H and O–H groups in total. The summed E-state index contributed by atoms with van der Waals surface area (Å²) in [6.45, 7) is 1.11. The first-order valence-electron chi connectivity index (χ1n) is 9.99. The number of nitrogens with zero attached hydrogens (tertiary/aromatic N) is 1. The van der Waals surface area contributed by atoms with Crippen molar-refractivity contribution in [2.75, 3.05) is 13.1 Å². The molecule has 2 amide bonds. The highest BCUT2D eigenvalue weighted by atomic mass is 19.3. The number of piperidine rings is 1. The van der Waals surface area contributed by atoms with Crippen LogP contribution in [0, 0.1) is 5.41 Å². The van der Waals surface area contributed by atoms with E-state index in [0.29, 0.717) is 24.1 Å². The van der Waals surface area contributed by atoms with Gasteiger partial charge < -0.3 is 15.3 Å². The summed E-state index contributed by atoms with van der Waals surface area (Å²) in [7, 11) is 0. The lowest BCUT2D eigenvalue weighted by molar-refractivity contribution is -0.142. The second-order valence-electron chi connectivity index (χ2n) is 8.26. The van der Waals surface area contributed by atoms with Crippen molar-refractivity contribution in [1.29, 1.82) is 0 Å². The van der Waals surface area contributed by atoms with Crippen molar-refractivity contribution in [3.8, 4) is 0 Å². The Balaban J connectivity index is 1.55. The first kappa shape index (κ1) is 20.6. The van der Waals surface area contributed by atoms with Crippen molar-refractivity contribution in [3.05, 3.63) is 35.9 Å². The fraction of sp³-hybridized carbons (Fsp3) is 0.619. The van der Waals surface area contributed by atoms with E-state index >= 15 is 0 Å². The van der Waals surface area contributed by atoms with Gasteiger partial charge in [-0.1, -0.05) is 43.2 Å². The van der Waals surface area contributed by atoms with Gasteiger partial charge >= 0.3 is 12.0 Å². The highest BCUT2D eigenvalue weighted by Crippen LogP contribution is 2.46. The van der Waals surface area contributed by atoms with Crippen molar-refractivity contribution in [3.63, 3.8) is 0 Å². The Morgan fingerprint density at radius 2 is 1.71 bits per heavy atom. The number of hydrogen-bond donors (Lipinski definition) is 2. The molecule has 5 nitrogen and oxygen atoms in total. The zero-order valence-corrected chi connectivity index (χ0v) is 16.0. The van der Waals surface area contributed by atoms with Crippen LogP contribution in [-0.2, 0) is 11.2 Å². The number of alkyl halides is 2. The number of carbonyl (C=O) groups excluding carboxylic acids is 1. The molecule has 0 radical (unpaired) electrons. The van der Waals surface area contributed by atoms with E-state index in [1.54, 1.807) is 35.2 Å². The van der Waals surface area contributed by atoms with Gasteiger partial charge in [-0.15, -0.1) is 0 Å². The number of rotatable bonds is 6. The van der Waals surface area contributed by atoms with Crippen LogP contribution in [0.25, 0.3) is 0 Å². The SMILES string of the molecule is O=C(O)C(CC(F)(F)Cc1ccccc1)NC(=O)N1CCC2(CCCC2)CC1. The van der Waals surface area contributed by atoms with Crippen LogP contribution in [0.15, 0.2) is 30.3 Å². The molecule has 1 heterocycles. The minimum Gasteiger partial charge on any atom is -0.480 e. The molecule has 0 bridgehead atoms. The van der Waals surface area contributed by atoms with Gasteiger partial charge in [-0.05, 0) is 36.7 Å². The maximum Gasteiger partial charge on any atom is 0.326 e. The number of nitrogens with one attached hydrogen (secondary N) is 1. The largest absolute Gasteiger partial charge is 0.480 e. The van der Waals surface area contributed by atoms with Gasteiger partial charge in [0, 0.05) is 25.9 Å². The van der Waals surface area contributed by atoms with E-state index in [1.165, 1.54) is 25.7 Å². The number of aliphatic carboxylic acids is 1. The fourth-order valence-corrected chi connectivity index (χ4v) is 4.51. The predicted molar refractivity (Wildman–Crippen MR) is 101 cm³/mol. The third-order valence-electron chi connectivity index (χ3n) is 6.18. The third-order valence-corrected chi connectivity index (χ3v) is 6.18. The molecule has 1 aliphatic carbocycles. The van der Waals surface area contributed by atoms with Gasteiger partial charge in [0.05, 0.1) is 0 Å². The van der Waals surface area contributed by atoms with Crippen LogP contribution in [-0.4, -0.2) is 47.1 Å². The van der Waals surface area contributed by atoms with Gasteiger partial charge in [0.25, 0.3) is 5.92 Å². The molecule has 1 aromatic carbocycles. The number of carboxylic acid groups (broad SMARTS) is 1. The number of halogens is 2. The summed E-state index contributed by atoms with van der Waals surface area (Å²) in [4.78, 5) is 25.5. The van der Waals surface area contributed by atoms with Crippen LogP contribution >= 0.6 is 0 Å². The lowest BCUT2D eigenvalue weighted by Gasteiger charge is -2.39. The molecule has 1 spiro atoms. The van der Waals surface area contributed by atoms with Crippen molar-refractivity contribution < 1.29 is 23.5 Å². The molecule has 0 aromatic heterocycles. The summed E-state index contributed by atoms with van der Waals surface area (Å²) in [5.74, 6) is -4.67. The number of amides is 2. The molecule has 1 aliphatic heterocycles. The Kier molecular flexibility index (Phi) is 6.20. The maximum absolute atomic E-state index is 14.4. The highest BCUT2D eigenvalue weighted by Gasteiger charge is 2.40. The molecule has 1 saturated carbocycles. The van der Waals surface area contributed by atoms with Crippen LogP contribution in [0.3, 0.4) is 0 Å². The molecule has 1 unspecified atom stereocenters. The van der Waals surface area contributed by atoms with E-state index in [-0.39, 0.29) is 0 Å². The molecule has 1 aromatic rings. The Labute approximate surface area is 164 Å². The van der Waals surface area contributed by atoms with Gasteiger partial charge in [-0.3, -0.25) is 0 Å². The molecule has 2 aliphatic rings. The average molecular weight is 394 g/mol. The standard InChI is InChI=1S/C21H28F2N2O3/c22-21(23,14-16-6-2-1-3-7-16)15-17(18(26)27)24-19(28)25-12-10-20(11-13-25)8-4-5-9-20/h1-3,6-7,17H,4-5,8-15H2,(H,24,28)(H,26,27). The van der Waals surface area contributed by atoms with Crippen LogP contribution < -0.4 is 5.32 Å². The van der Waals surface area contributed by atoms with Crippen LogP contribution in [0.2, 0.25) is 0 Å². The van der Waals surface area contributed by atoms with Gasteiger partial charge in [0.15, 0.2) is 0 Å². The van der Waals surface area contributed by atoms with E-state index in [0.717, 1.165) is 12.8 Å². The fourth-order valence-electron chi connectivity index (χ4n) is 4.51. The quantitative estimate of drug-likeness (QED) is 0.764. The van der Waals surface area contributed by atoms with Crippen molar-refractivity contribution in [2.45, 2.75) is 63.3 Å². The zero-order valence-electron chi connectivity index (χ0n) is 16.0.